The molecule has 0 spiro atoms. The summed E-state index contributed by atoms with van der Waals surface area (Å²) in [7, 11) is 0. The highest BCUT2D eigenvalue weighted by Gasteiger charge is 2.35. The normalized spacial score (nSPS) is 13.9. The van der Waals surface area contributed by atoms with E-state index in [1.807, 2.05) is 6.20 Å². The van der Waals surface area contributed by atoms with Crippen molar-refractivity contribution in [1.82, 2.24) is 9.55 Å². The van der Waals surface area contributed by atoms with Crippen molar-refractivity contribution in [2.24, 2.45) is 0 Å². The number of benzene rings is 3. The Bertz CT molecular complexity index is 1920. The molecule has 154 valence electrons. The van der Waals surface area contributed by atoms with Gasteiger partial charge < -0.3 is 4.57 Å². The van der Waals surface area contributed by atoms with Crippen LogP contribution in [-0.4, -0.2) is 9.55 Å². The zero-order valence-electron chi connectivity index (χ0n) is 18.0. The molecule has 3 aromatic carbocycles. The molecule has 4 nitrogen and oxygen atoms in total. The maximum Gasteiger partial charge on any atom is 0.109 e. The lowest BCUT2D eigenvalue weighted by Gasteiger charge is -2.34. The van der Waals surface area contributed by atoms with Crippen LogP contribution in [0.25, 0.3) is 47.8 Å². The van der Waals surface area contributed by atoms with Crippen LogP contribution in [0.1, 0.15) is 36.1 Å². The van der Waals surface area contributed by atoms with Crippen molar-refractivity contribution in [3.8, 4) is 17.8 Å². The summed E-state index contributed by atoms with van der Waals surface area (Å²) in [6, 6.07) is 23.1. The van der Waals surface area contributed by atoms with Gasteiger partial charge in [0.05, 0.1) is 40.0 Å². The molecule has 0 amide bonds. The molecule has 7 rings (SSSR count). The number of hydrogen-bond acceptors (Lipinski definition) is 4. The van der Waals surface area contributed by atoms with E-state index >= 15 is 0 Å². The Kier molecular flexibility index (Phi) is 3.33. The summed E-state index contributed by atoms with van der Waals surface area (Å²) in [5.74, 6) is 0. The Morgan fingerprint density at radius 1 is 0.909 bits per heavy atom. The van der Waals surface area contributed by atoms with Crippen LogP contribution in [0.2, 0.25) is 0 Å². The maximum absolute atomic E-state index is 9.86. The smallest absolute Gasteiger partial charge is 0.109 e. The van der Waals surface area contributed by atoms with Gasteiger partial charge in [-0.3, -0.25) is 4.98 Å². The lowest BCUT2D eigenvalue weighted by molar-refractivity contribution is 0.630. The summed E-state index contributed by atoms with van der Waals surface area (Å²) in [4.78, 5) is 5.86. The van der Waals surface area contributed by atoms with Gasteiger partial charge in [0.2, 0.25) is 0 Å². The Balaban J connectivity index is 1.75. The summed E-state index contributed by atoms with van der Waals surface area (Å²) in [6.45, 7) is 4.59. The molecule has 3 aromatic heterocycles. The van der Waals surface area contributed by atoms with Crippen LogP contribution in [0.4, 0.5) is 0 Å². The molecule has 0 fully saturated rings. The van der Waals surface area contributed by atoms with Crippen LogP contribution in [0.5, 0.6) is 0 Å². The largest absolute Gasteiger partial charge is 0.300 e. The second-order valence-corrected chi connectivity index (χ2v) is 10.1. The minimum atomic E-state index is -0.102. The number of pyridine rings is 1. The van der Waals surface area contributed by atoms with Gasteiger partial charge in [-0.15, -0.1) is 11.3 Å². The number of aromatic nitrogens is 2. The monoisotopic (exact) mass is 440 g/mol. The van der Waals surface area contributed by atoms with Gasteiger partial charge in [-0.25, -0.2) is 0 Å². The first-order chi connectivity index (χ1) is 16.0. The molecular formula is C28H16N4S. The number of nitriles is 2. The average Bonchev–Trinajstić information content (AvgIpc) is 3.37. The molecular weight excluding hydrogens is 424 g/mol. The molecule has 0 bridgehead atoms. The van der Waals surface area contributed by atoms with Gasteiger partial charge in [-0.1, -0.05) is 50.2 Å². The lowest BCUT2D eigenvalue weighted by Crippen LogP contribution is -2.26. The third-order valence-corrected chi connectivity index (χ3v) is 8.29. The molecule has 0 N–H and O–H groups in total. The van der Waals surface area contributed by atoms with Crippen molar-refractivity contribution in [1.29, 1.82) is 10.5 Å². The van der Waals surface area contributed by atoms with Crippen LogP contribution in [0.3, 0.4) is 0 Å². The molecule has 0 unspecified atom stereocenters. The van der Waals surface area contributed by atoms with Crippen molar-refractivity contribution >= 4 is 53.4 Å². The minimum Gasteiger partial charge on any atom is -0.300 e. The fourth-order valence-corrected chi connectivity index (χ4v) is 6.95. The second kappa shape index (κ2) is 5.98. The third-order valence-electron chi connectivity index (χ3n) is 7.08. The summed E-state index contributed by atoms with van der Waals surface area (Å²) in [6.07, 6.45) is 1.91. The Labute approximate surface area is 193 Å². The minimum absolute atomic E-state index is 0.102. The summed E-state index contributed by atoms with van der Waals surface area (Å²) in [5, 5.41) is 23.5. The molecule has 5 heteroatoms. The van der Waals surface area contributed by atoms with E-state index in [0.717, 1.165) is 20.3 Å². The van der Waals surface area contributed by atoms with E-state index in [-0.39, 0.29) is 5.41 Å². The first-order valence-electron chi connectivity index (χ1n) is 10.8. The van der Waals surface area contributed by atoms with Gasteiger partial charge in [0.25, 0.3) is 0 Å². The highest BCUT2D eigenvalue weighted by molar-refractivity contribution is 7.26. The predicted molar refractivity (Wildman–Crippen MR) is 133 cm³/mol. The third kappa shape index (κ3) is 2.11. The first kappa shape index (κ1) is 18.4. The van der Waals surface area contributed by atoms with Crippen LogP contribution in [0.15, 0.2) is 60.8 Å². The van der Waals surface area contributed by atoms with Crippen molar-refractivity contribution in [3.05, 3.63) is 83.0 Å². The molecule has 1 aliphatic rings. The zero-order valence-corrected chi connectivity index (χ0v) is 18.8. The second-order valence-electron chi connectivity index (χ2n) is 9.10. The zero-order chi connectivity index (χ0) is 22.5. The molecule has 0 atom stereocenters. The molecule has 0 saturated heterocycles. The van der Waals surface area contributed by atoms with E-state index in [1.54, 1.807) is 23.5 Å². The molecule has 4 heterocycles. The van der Waals surface area contributed by atoms with Gasteiger partial charge in [0.1, 0.15) is 4.83 Å². The SMILES string of the molecule is CC1(C)c2ccccc2-n2c3sc4c(cnc5cc(C#N)cc(C#N)c54)c3c3cccc1c32. The van der Waals surface area contributed by atoms with E-state index in [4.69, 9.17) is 4.98 Å². The van der Waals surface area contributed by atoms with Crippen molar-refractivity contribution < 1.29 is 0 Å². The number of para-hydroxylation sites is 2. The Hall–Kier alpha value is -4.19. The topological polar surface area (TPSA) is 65.4 Å². The average molecular weight is 441 g/mol. The van der Waals surface area contributed by atoms with Gasteiger partial charge in [0.15, 0.2) is 0 Å². The van der Waals surface area contributed by atoms with E-state index in [9.17, 15) is 10.5 Å². The fourth-order valence-electron chi connectivity index (χ4n) is 5.58. The predicted octanol–water partition coefficient (Wildman–Crippen LogP) is 6.93. The maximum atomic E-state index is 9.86. The van der Waals surface area contributed by atoms with Crippen molar-refractivity contribution in [2.75, 3.05) is 0 Å². The van der Waals surface area contributed by atoms with Crippen LogP contribution in [0, 0.1) is 22.7 Å². The standard InChI is InChI=1S/C28H16N4S/c1-28(2)19-7-3-4-9-22(19)32-25-17(6-5-8-20(25)28)24-18-14-31-21-11-15(12-29)10-16(13-30)23(21)26(18)33-27(24)32/h3-11,14H,1-2H3. The molecule has 0 aliphatic carbocycles. The Morgan fingerprint density at radius 3 is 2.55 bits per heavy atom. The lowest BCUT2D eigenvalue weighted by atomic mass is 9.75. The molecule has 0 saturated carbocycles. The van der Waals surface area contributed by atoms with E-state index in [2.05, 4.69) is 73.0 Å². The molecule has 6 aromatic rings. The molecule has 0 radical (unpaired) electrons. The van der Waals surface area contributed by atoms with Gasteiger partial charge in [-0.05, 0) is 29.3 Å². The van der Waals surface area contributed by atoms with E-state index in [1.165, 1.54) is 33.1 Å². The van der Waals surface area contributed by atoms with Gasteiger partial charge >= 0.3 is 0 Å². The molecule has 33 heavy (non-hydrogen) atoms. The van der Waals surface area contributed by atoms with Crippen molar-refractivity contribution in [2.45, 2.75) is 19.3 Å². The van der Waals surface area contributed by atoms with E-state index < -0.39 is 0 Å². The first-order valence-corrected chi connectivity index (χ1v) is 11.6. The van der Waals surface area contributed by atoms with Gasteiger partial charge in [-0.2, -0.15) is 10.5 Å². The fraction of sp³-hybridized carbons (Fsp3) is 0.107. The number of thiophene rings is 1. The number of nitrogens with zero attached hydrogens (tertiary/aromatic N) is 4. The quantitative estimate of drug-likeness (QED) is 0.257. The van der Waals surface area contributed by atoms with Crippen LogP contribution >= 0.6 is 11.3 Å². The Morgan fingerprint density at radius 2 is 1.73 bits per heavy atom. The molecule has 1 aliphatic heterocycles. The van der Waals surface area contributed by atoms with E-state index in [0.29, 0.717) is 16.6 Å². The highest BCUT2D eigenvalue weighted by Crippen LogP contribution is 2.51. The van der Waals surface area contributed by atoms with Crippen LogP contribution in [-0.2, 0) is 5.41 Å². The number of hydrogen-bond donors (Lipinski definition) is 0. The summed E-state index contributed by atoms with van der Waals surface area (Å²) < 4.78 is 3.44. The summed E-state index contributed by atoms with van der Waals surface area (Å²) in [5.41, 5.74) is 6.62. The van der Waals surface area contributed by atoms with Crippen LogP contribution < -0.4 is 0 Å². The summed E-state index contributed by atoms with van der Waals surface area (Å²) >= 11 is 1.71. The highest BCUT2D eigenvalue weighted by atomic mass is 32.1. The van der Waals surface area contributed by atoms with Crippen molar-refractivity contribution in [3.63, 3.8) is 0 Å². The number of rotatable bonds is 0. The van der Waals surface area contributed by atoms with Gasteiger partial charge in [0, 0.05) is 37.9 Å². The number of fused-ring (bicyclic) bond motifs is 9.